The van der Waals surface area contributed by atoms with Gasteiger partial charge in [0.1, 0.15) is 6.54 Å². The number of nitrogens with one attached hydrogen (secondary N) is 2. The molecule has 1 aliphatic rings. The Morgan fingerprint density at radius 3 is 2.47 bits per heavy atom. The van der Waals surface area contributed by atoms with Gasteiger partial charge < -0.3 is 5.32 Å². The van der Waals surface area contributed by atoms with Crippen LogP contribution in [0.15, 0.2) is 0 Å². The average molecular weight is 269 g/mol. The van der Waals surface area contributed by atoms with E-state index in [1.54, 1.807) is 13.8 Å². The molecule has 6 heteroatoms. The first-order valence-corrected chi connectivity index (χ1v) is 6.71. The molecule has 0 aromatic carbocycles. The van der Waals surface area contributed by atoms with E-state index in [9.17, 15) is 14.4 Å². The summed E-state index contributed by atoms with van der Waals surface area (Å²) in [6, 6.07) is 0.0913. The molecule has 0 atom stereocenters. The maximum atomic E-state index is 12.1. The third-order valence-electron chi connectivity index (χ3n) is 3.41. The van der Waals surface area contributed by atoms with Crippen LogP contribution in [-0.4, -0.2) is 47.3 Å². The van der Waals surface area contributed by atoms with Gasteiger partial charge >= 0.3 is 0 Å². The maximum absolute atomic E-state index is 12.1. The SMILES string of the molecule is CCC(CC)NC(=O)CN1C(=O)CNC(C)(C)C1=O. The van der Waals surface area contributed by atoms with Crippen LogP contribution in [0.1, 0.15) is 40.5 Å². The first-order valence-electron chi connectivity index (χ1n) is 6.71. The van der Waals surface area contributed by atoms with Crippen LogP contribution < -0.4 is 10.6 Å². The Morgan fingerprint density at radius 1 is 1.37 bits per heavy atom. The van der Waals surface area contributed by atoms with Crippen molar-refractivity contribution in [1.82, 2.24) is 15.5 Å². The third-order valence-corrected chi connectivity index (χ3v) is 3.41. The van der Waals surface area contributed by atoms with Gasteiger partial charge in [-0.25, -0.2) is 0 Å². The van der Waals surface area contributed by atoms with Crippen LogP contribution in [0, 0.1) is 0 Å². The van der Waals surface area contributed by atoms with E-state index in [-0.39, 0.29) is 36.9 Å². The molecule has 0 bridgehead atoms. The van der Waals surface area contributed by atoms with Crippen molar-refractivity contribution in [2.75, 3.05) is 13.1 Å². The number of amides is 3. The highest BCUT2D eigenvalue weighted by atomic mass is 16.2. The quantitative estimate of drug-likeness (QED) is 0.690. The molecular weight excluding hydrogens is 246 g/mol. The summed E-state index contributed by atoms with van der Waals surface area (Å²) in [5, 5.41) is 5.68. The molecule has 1 rings (SSSR count). The molecule has 108 valence electrons. The zero-order valence-corrected chi connectivity index (χ0v) is 12.1. The lowest BCUT2D eigenvalue weighted by Crippen LogP contribution is -2.65. The van der Waals surface area contributed by atoms with Gasteiger partial charge in [0.2, 0.25) is 17.7 Å². The molecule has 0 saturated carbocycles. The van der Waals surface area contributed by atoms with Gasteiger partial charge in [-0.1, -0.05) is 13.8 Å². The van der Waals surface area contributed by atoms with Gasteiger partial charge in [0.25, 0.3) is 0 Å². The fourth-order valence-corrected chi connectivity index (χ4v) is 1.99. The van der Waals surface area contributed by atoms with E-state index in [2.05, 4.69) is 10.6 Å². The van der Waals surface area contributed by atoms with Crippen molar-refractivity contribution in [2.45, 2.75) is 52.1 Å². The van der Waals surface area contributed by atoms with Crippen LogP contribution in [0.25, 0.3) is 0 Å². The fourth-order valence-electron chi connectivity index (χ4n) is 1.99. The zero-order valence-electron chi connectivity index (χ0n) is 12.1. The molecule has 3 amide bonds. The van der Waals surface area contributed by atoms with E-state index in [4.69, 9.17) is 0 Å². The average Bonchev–Trinajstić information content (AvgIpc) is 2.37. The molecule has 0 radical (unpaired) electrons. The first-order chi connectivity index (χ1) is 8.81. The third kappa shape index (κ3) is 3.76. The summed E-state index contributed by atoms with van der Waals surface area (Å²) in [5.74, 6) is -0.999. The lowest BCUT2D eigenvalue weighted by atomic mass is 10.0. The lowest BCUT2D eigenvalue weighted by molar-refractivity contribution is -0.154. The first kappa shape index (κ1) is 15.6. The number of piperazine rings is 1. The number of hydrogen-bond donors (Lipinski definition) is 2. The molecule has 1 fully saturated rings. The molecule has 0 aromatic rings. The molecule has 0 spiro atoms. The maximum Gasteiger partial charge on any atom is 0.249 e. The second-order valence-electron chi connectivity index (χ2n) is 5.34. The van der Waals surface area contributed by atoms with Gasteiger partial charge in [-0.2, -0.15) is 0 Å². The molecule has 0 aromatic heterocycles. The van der Waals surface area contributed by atoms with Gasteiger partial charge in [0.15, 0.2) is 0 Å². The second kappa shape index (κ2) is 6.14. The predicted octanol–water partition coefficient (Wildman–Crippen LogP) is 0.0282. The number of imide groups is 1. The Labute approximate surface area is 113 Å². The van der Waals surface area contributed by atoms with Gasteiger partial charge in [-0.15, -0.1) is 0 Å². The van der Waals surface area contributed by atoms with Crippen molar-refractivity contribution in [2.24, 2.45) is 0 Å². The minimum absolute atomic E-state index is 0.0804. The molecule has 1 heterocycles. The summed E-state index contributed by atoms with van der Waals surface area (Å²) in [5.41, 5.74) is -0.802. The fraction of sp³-hybridized carbons (Fsp3) is 0.769. The minimum Gasteiger partial charge on any atom is -0.352 e. The molecule has 2 N–H and O–H groups in total. The van der Waals surface area contributed by atoms with E-state index < -0.39 is 5.54 Å². The molecule has 19 heavy (non-hydrogen) atoms. The molecular formula is C13H23N3O3. The monoisotopic (exact) mass is 269 g/mol. The van der Waals surface area contributed by atoms with Gasteiger partial charge in [-0.05, 0) is 26.7 Å². The van der Waals surface area contributed by atoms with E-state index in [1.807, 2.05) is 13.8 Å². The number of carbonyl (C=O) groups is 3. The number of hydrogen-bond acceptors (Lipinski definition) is 4. The minimum atomic E-state index is -0.802. The number of nitrogens with zero attached hydrogens (tertiary/aromatic N) is 1. The number of rotatable bonds is 5. The normalized spacial score (nSPS) is 18.9. The van der Waals surface area contributed by atoms with Crippen LogP contribution in [0.3, 0.4) is 0 Å². The van der Waals surface area contributed by atoms with Crippen LogP contribution in [0.2, 0.25) is 0 Å². The highest BCUT2D eigenvalue weighted by Crippen LogP contribution is 2.13. The Balaban J connectivity index is 2.66. The highest BCUT2D eigenvalue weighted by molar-refractivity contribution is 6.05. The van der Waals surface area contributed by atoms with Crippen molar-refractivity contribution >= 4 is 17.7 Å². The molecule has 6 nitrogen and oxygen atoms in total. The predicted molar refractivity (Wildman–Crippen MR) is 71.3 cm³/mol. The van der Waals surface area contributed by atoms with Crippen LogP contribution >= 0.6 is 0 Å². The summed E-state index contributed by atoms with van der Waals surface area (Å²) in [6.07, 6.45) is 1.66. The van der Waals surface area contributed by atoms with Crippen molar-refractivity contribution in [3.05, 3.63) is 0 Å². The van der Waals surface area contributed by atoms with Crippen LogP contribution in [0.4, 0.5) is 0 Å². The number of carbonyl (C=O) groups excluding carboxylic acids is 3. The van der Waals surface area contributed by atoms with E-state index in [1.165, 1.54) is 0 Å². The molecule has 1 aliphatic heterocycles. The topological polar surface area (TPSA) is 78.5 Å². The van der Waals surface area contributed by atoms with Gasteiger partial charge in [0, 0.05) is 6.04 Å². The van der Waals surface area contributed by atoms with Crippen molar-refractivity contribution < 1.29 is 14.4 Å². The molecule has 0 unspecified atom stereocenters. The summed E-state index contributed by atoms with van der Waals surface area (Å²) in [4.78, 5) is 36.7. The zero-order chi connectivity index (χ0) is 14.6. The van der Waals surface area contributed by atoms with E-state index >= 15 is 0 Å². The van der Waals surface area contributed by atoms with Crippen molar-refractivity contribution in [3.63, 3.8) is 0 Å². The summed E-state index contributed by atoms with van der Waals surface area (Å²) in [7, 11) is 0. The summed E-state index contributed by atoms with van der Waals surface area (Å²) < 4.78 is 0. The Morgan fingerprint density at radius 2 is 1.95 bits per heavy atom. The Bertz CT molecular complexity index is 375. The molecule has 1 saturated heterocycles. The largest absolute Gasteiger partial charge is 0.352 e. The lowest BCUT2D eigenvalue weighted by Gasteiger charge is -2.36. The molecule has 0 aliphatic carbocycles. The summed E-state index contributed by atoms with van der Waals surface area (Å²) in [6.45, 7) is 7.26. The summed E-state index contributed by atoms with van der Waals surface area (Å²) >= 11 is 0. The van der Waals surface area contributed by atoms with E-state index in [0.29, 0.717) is 0 Å². The smallest absolute Gasteiger partial charge is 0.249 e. The standard InChI is InChI=1S/C13H23N3O3/c1-5-9(6-2)15-10(17)8-16-11(18)7-14-13(3,4)12(16)19/h9,14H,5-8H2,1-4H3,(H,15,17). The van der Waals surface area contributed by atoms with Gasteiger partial charge in [0.05, 0.1) is 12.1 Å². The van der Waals surface area contributed by atoms with Crippen LogP contribution in [-0.2, 0) is 14.4 Å². The Kier molecular flexibility index (Phi) is 5.05. The van der Waals surface area contributed by atoms with E-state index in [0.717, 1.165) is 17.7 Å². The second-order valence-corrected chi connectivity index (χ2v) is 5.34. The van der Waals surface area contributed by atoms with Crippen LogP contribution in [0.5, 0.6) is 0 Å². The van der Waals surface area contributed by atoms with Crippen molar-refractivity contribution in [1.29, 1.82) is 0 Å². The van der Waals surface area contributed by atoms with Crippen molar-refractivity contribution in [3.8, 4) is 0 Å². The Hall–Kier alpha value is -1.43. The van der Waals surface area contributed by atoms with Gasteiger partial charge in [-0.3, -0.25) is 24.6 Å². The highest BCUT2D eigenvalue weighted by Gasteiger charge is 2.40.